The lowest BCUT2D eigenvalue weighted by Gasteiger charge is -2.52. The zero-order valence-corrected chi connectivity index (χ0v) is 33.8. The van der Waals surface area contributed by atoms with E-state index in [1.165, 1.54) is 0 Å². The van der Waals surface area contributed by atoms with Crippen molar-refractivity contribution in [3.05, 3.63) is 75.3 Å². The van der Waals surface area contributed by atoms with E-state index in [9.17, 15) is 14.4 Å². The molecule has 0 aromatic heterocycles. The van der Waals surface area contributed by atoms with E-state index in [2.05, 4.69) is 19.1 Å². The average Bonchev–Trinajstić information content (AvgIpc) is 3.90. The van der Waals surface area contributed by atoms with Gasteiger partial charge >= 0.3 is 12.2 Å². The Labute approximate surface area is 324 Å². The number of hydrogen-bond acceptors (Lipinski definition) is 7. The lowest BCUT2D eigenvalue weighted by atomic mass is 9.76. The number of ether oxygens (including phenoxy) is 4. The molecule has 2 heterocycles. The van der Waals surface area contributed by atoms with Crippen LogP contribution in [0.2, 0.25) is 10.0 Å². The maximum Gasteiger partial charge on any atom is 0.411 e. The van der Waals surface area contributed by atoms with Crippen molar-refractivity contribution in [2.24, 2.45) is 11.8 Å². The summed E-state index contributed by atoms with van der Waals surface area (Å²) in [5, 5.41) is 0.869. The molecule has 12 heteroatoms. The van der Waals surface area contributed by atoms with Gasteiger partial charge in [-0.25, -0.2) is 9.59 Å². The van der Waals surface area contributed by atoms with Crippen molar-refractivity contribution >= 4 is 46.9 Å². The summed E-state index contributed by atoms with van der Waals surface area (Å²) in [5.41, 5.74) is 2.24. The van der Waals surface area contributed by atoms with Gasteiger partial charge in [-0.05, 0) is 82.7 Å². The Kier molecular flexibility index (Phi) is 13.1. The molecule has 1 saturated heterocycles. The summed E-state index contributed by atoms with van der Waals surface area (Å²) in [4.78, 5) is 47.4. The molecule has 0 N–H and O–H groups in total. The van der Waals surface area contributed by atoms with Gasteiger partial charge in [0, 0.05) is 51.0 Å². The van der Waals surface area contributed by atoms with Gasteiger partial charge in [-0.1, -0.05) is 72.6 Å². The predicted octanol–water partition coefficient (Wildman–Crippen LogP) is 8.61. The van der Waals surface area contributed by atoms with Gasteiger partial charge in [0.25, 0.3) is 0 Å². The molecule has 10 nitrogen and oxygen atoms in total. The molecule has 5 rings (SSSR count). The molecule has 2 aromatic carbocycles. The fraction of sp³-hybridized carbons (Fsp3) is 0.585. The number of benzene rings is 2. The molecule has 290 valence electrons. The zero-order valence-electron chi connectivity index (χ0n) is 32.3. The third kappa shape index (κ3) is 10.9. The van der Waals surface area contributed by atoms with Crippen LogP contribution < -0.4 is 0 Å². The molecular formula is C41H55Cl2N3O7. The third-order valence-electron chi connectivity index (χ3n) is 9.51. The van der Waals surface area contributed by atoms with Crippen LogP contribution >= 0.6 is 23.2 Å². The molecule has 2 aliphatic heterocycles. The molecule has 2 aromatic rings. The van der Waals surface area contributed by atoms with Gasteiger partial charge in [0.15, 0.2) is 0 Å². The maximum absolute atomic E-state index is 14.6. The SMILES string of the molecule is COC[C@H](C)COCc1ccc(C2=CC3CN(C(=O)OC(C)(C)C)CC(C2CC(=O)N(Cc2cccc(Cl)c2Cl)C2CC2)N3C(=O)OC(C)(C)C)cc1. The second-order valence-corrected chi connectivity index (χ2v) is 17.4. The van der Waals surface area contributed by atoms with Crippen LogP contribution in [0.25, 0.3) is 5.57 Å². The fourth-order valence-electron chi connectivity index (χ4n) is 7.03. The minimum absolute atomic E-state index is 0.0633. The monoisotopic (exact) mass is 771 g/mol. The Balaban J connectivity index is 1.51. The van der Waals surface area contributed by atoms with Crippen LogP contribution in [-0.4, -0.2) is 95.5 Å². The summed E-state index contributed by atoms with van der Waals surface area (Å²) < 4.78 is 22.9. The lowest BCUT2D eigenvalue weighted by molar-refractivity contribution is -0.134. The Bertz CT molecular complexity index is 1650. The number of hydrogen-bond donors (Lipinski definition) is 0. The van der Waals surface area contributed by atoms with Gasteiger partial charge in [0.05, 0.1) is 41.9 Å². The van der Waals surface area contributed by atoms with Crippen molar-refractivity contribution < 1.29 is 33.3 Å². The van der Waals surface area contributed by atoms with Crippen LogP contribution in [0, 0.1) is 11.8 Å². The van der Waals surface area contributed by atoms with Crippen molar-refractivity contribution in [2.75, 3.05) is 33.4 Å². The van der Waals surface area contributed by atoms with Crippen molar-refractivity contribution in [1.29, 1.82) is 0 Å². The number of methoxy groups -OCH3 is 1. The van der Waals surface area contributed by atoms with E-state index in [1.54, 1.807) is 23.0 Å². The number of carbonyl (C=O) groups excluding carboxylic acids is 3. The van der Waals surface area contributed by atoms with E-state index >= 15 is 0 Å². The summed E-state index contributed by atoms with van der Waals surface area (Å²) in [6.07, 6.45) is 2.98. The topological polar surface area (TPSA) is 97.8 Å². The van der Waals surface area contributed by atoms with Gasteiger partial charge in [-0.2, -0.15) is 0 Å². The van der Waals surface area contributed by atoms with Gasteiger partial charge in [0.1, 0.15) is 11.2 Å². The Morgan fingerprint density at radius 3 is 2.19 bits per heavy atom. The molecule has 3 aliphatic rings. The second-order valence-electron chi connectivity index (χ2n) is 16.6. The fourth-order valence-corrected chi connectivity index (χ4v) is 7.41. The van der Waals surface area contributed by atoms with Crippen LogP contribution in [0.15, 0.2) is 48.5 Å². The number of halogens is 2. The quantitative estimate of drug-likeness (QED) is 0.213. The van der Waals surface area contributed by atoms with Crippen LogP contribution in [0.3, 0.4) is 0 Å². The first-order chi connectivity index (χ1) is 24.9. The summed E-state index contributed by atoms with van der Waals surface area (Å²) >= 11 is 13.0. The van der Waals surface area contributed by atoms with Crippen molar-refractivity contribution in [2.45, 2.75) is 110 Å². The molecule has 1 aliphatic carbocycles. The van der Waals surface area contributed by atoms with Crippen LogP contribution in [0.5, 0.6) is 0 Å². The van der Waals surface area contributed by atoms with Crippen LogP contribution in [0.1, 0.15) is 84.4 Å². The Morgan fingerprint density at radius 2 is 1.57 bits per heavy atom. The number of rotatable bonds is 12. The zero-order chi connectivity index (χ0) is 38.7. The number of amides is 3. The van der Waals surface area contributed by atoms with Gasteiger partial charge in [0.2, 0.25) is 5.91 Å². The highest BCUT2D eigenvalue weighted by atomic mass is 35.5. The summed E-state index contributed by atoms with van der Waals surface area (Å²) in [7, 11) is 1.68. The molecule has 0 radical (unpaired) electrons. The smallest absolute Gasteiger partial charge is 0.411 e. The Morgan fingerprint density at radius 1 is 0.906 bits per heavy atom. The number of nitrogens with zero attached hydrogens (tertiary/aromatic N) is 3. The Hall–Kier alpha value is -3.31. The summed E-state index contributed by atoms with van der Waals surface area (Å²) in [5.74, 6) is -0.251. The van der Waals surface area contributed by atoms with Crippen LogP contribution in [0.4, 0.5) is 9.59 Å². The molecule has 53 heavy (non-hydrogen) atoms. The largest absolute Gasteiger partial charge is 0.444 e. The van der Waals surface area contributed by atoms with E-state index in [4.69, 9.17) is 42.1 Å². The standard InChI is InChI=1S/C41H55Cl2N3O7/c1-26(23-50-8)24-51-25-27-12-14-28(15-13-27)32-18-31-21-44(38(48)52-40(2,3)4)22-35(46(31)39(49)53-41(5,6)7)33(32)19-36(47)45(30-16-17-30)20-29-10-9-11-34(42)37(29)43/h9-15,18,26,30-31,33,35H,16-17,19-25H2,1-8H3/t26-,31?,33?,35?/m0/s1. The number of carbonyl (C=O) groups is 3. The first-order valence-electron chi connectivity index (χ1n) is 18.5. The molecular weight excluding hydrogens is 717 g/mol. The van der Waals surface area contributed by atoms with Crippen LogP contribution in [-0.2, 0) is 36.9 Å². The average molecular weight is 773 g/mol. The molecule has 2 bridgehead atoms. The van der Waals surface area contributed by atoms with E-state index in [1.807, 2.05) is 76.8 Å². The predicted molar refractivity (Wildman–Crippen MR) is 207 cm³/mol. The molecule has 4 atom stereocenters. The molecule has 2 fully saturated rings. The maximum atomic E-state index is 14.6. The van der Waals surface area contributed by atoms with E-state index in [0.29, 0.717) is 36.4 Å². The normalized spacial score (nSPS) is 20.8. The molecule has 0 spiro atoms. The van der Waals surface area contributed by atoms with Crippen molar-refractivity contribution in [3.8, 4) is 0 Å². The molecule has 3 unspecified atom stereocenters. The summed E-state index contributed by atoms with van der Waals surface area (Å²) in [6.45, 7) is 15.5. The van der Waals surface area contributed by atoms with Gasteiger partial charge in [-0.3, -0.25) is 9.69 Å². The van der Waals surface area contributed by atoms with Crippen molar-refractivity contribution in [1.82, 2.24) is 14.7 Å². The highest BCUT2D eigenvalue weighted by Crippen LogP contribution is 2.42. The molecule has 3 amide bonds. The highest BCUT2D eigenvalue weighted by molar-refractivity contribution is 6.42. The first-order valence-corrected chi connectivity index (χ1v) is 19.3. The highest BCUT2D eigenvalue weighted by Gasteiger charge is 2.50. The third-order valence-corrected chi connectivity index (χ3v) is 10.4. The minimum atomic E-state index is -0.746. The lowest BCUT2D eigenvalue weighted by Crippen LogP contribution is -2.66. The minimum Gasteiger partial charge on any atom is -0.444 e. The molecule has 1 saturated carbocycles. The van der Waals surface area contributed by atoms with Gasteiger partial charge in [-0.15, -0.1) is 0 Å². The van der Waals surface area contributed by atoms with Crippen molar-refractivity contribution in [3.63, 3.8) is 0 Å². The summed E-state index contributed by atoms with van der Waals surface area (Å²) in [6, 6.07) is 12.6. The van der Waals surface area contributed by atoms with Gasteiger partial charge < -0.3 is 28.7 Å². The van der Waals surface area contributed by atoms with E-state index in [-0.39, 0.29) is 37.4 Å². The van der Waals surface area contributed by atoms with E-state index < -0.39 is 41.4 Å². The van der Waals surface area contributed by atoms with E-state index in [0.717, 1.165) is 35.1 Å². The first kappa shape index (κ1) is 40.9. The number of piperazine rings is 1. The second kappa shape index (κ2) is 17.0. The number of fused-ring (bicyclic) bond motifs is 2.